The van der Waals surface area contributed by atoms with Gasteiger partial charge in [0.15, 0.2) is 0 Å². The van der Waals surface area contributed by atoms with E-state index in [2.05, 4.69) is 4.90 Å². The Morgan fingerprint density at radius 3 is 2.86 bits per heavy atom. The molecule has 3 rings (SSSR count). The minimum atomic E-state index is -1.02. The summed E-state index contributed by atoms with van der Waals surface area (Å²) in [6, 6.07) is 5.47. The van der Waals surface area contributed by atoms with Crippen molar-refractivity contribution in [3.05, 3.63) is 35.7 Å². The maximum atomic E-state index is 14.4. The molecule has 1 saturated heterocycles. The van der Waals surface area contributed by atoms with Crippen LogP contribution in [0.4, 0.5) is 10.1 Å². The Hall–Kier alpha value is -1.84. The normalized spacial score (nSPS) is 25.3. The summed E-state index contributed by atoms with van der Waals surface area (Å²) in [5, 5.41) is 8.61. The molecule has 1 aromatic rings. The number of fused-ring (bicyclic) bond motifs is 1. The summed E-state index contributed by atoms with van der Waals surface area (Å²) >= 11 is 0. The molecule has 1 aromatic carbocycles. The Morgan fingerprint density at radius 2 is 2.10 bits per heavy atom. The Morgan fingerprint density at radius 1 is 1.29 bits per heavy atom. The van der Waals surface area contributed by atoms with Crippen molar-refractivity contribution in [2.45, 2.75) is 38.1 Å². The molecule has 2 unspecified atom stereocenters. The number of hydrogen-bond acceptors (Lipinski definition) is 2. The van der Waals surface area contributed by atoms with E-state index < -0.39 is 5.97 Å². The van der Waals surface area contributed by atoms with Crippen molar-refractivity contribution in [2.75, 3.05) is 11.4 Å². The van der Waals surface area contributed by atoms with Gasteiger partial charge in [0.1, 0.15) is 5.82 Å². The lowest BCUT2D eigenvalue weighted by atomic mass is 9.85. The fraction of sp³-hybridized carbons (Fsp3) is 0.471. The second-order valence-corrected chi connectivity index (χ2v) is 5.98. The highest BCUT2D eigenvalue weighted by Gasteiger charge is 2.36. The van der Waals surface area contributed by atoms with Gasteiger partial charge in [-0.3, -0.25) is 0 Å². The van der Waals surface area contributed by atoms with E-state index >= 15 is 0 Å². The predicted octanol–water partition coefficient (Wildman–Crippen LogP) is 3.69. The number of anilines is 1. The third-order valence-corrected chi connectivity index (χ3v) is 4.71. The van der Waals surface area contributed by atoms with Crippen LogP contribution < -0.4 is 4.90 Å². The van der Waals surface area contributed by atoms with Gasteiger partial charge in [-0.1, -0.05) is 18.9 Å². The second-order valence-electron chi connectivity index (χ2n) is 5.98. The lowest BCUT2D eigenvalue weighted by molar-refractivity contribution is -0.131. The van der Waals surface area contributed by atoms with Gasteiger partial charge in [-0.05, 0) is 49.0 Å². The average molecular weight is 289 g/mol. The van der Waals surface area contributed by atoms with Crippen LogP contribution >= 0.6 is 0 Å². The van der Waals surface area contributed by atoms with Gasteiger partial charge in [-0.25, -0.2) is 9.18 Å². The molecule has 0 amide bonds. The smallest absolute Gasteiger partial charge is 0.328 e. The van der Waals surface area contributed by atoms with Crippen LogP contribution in [-0.2, 0) is 4.79 Å². The Balaban J connectivity index is 1.81. The molecule has 1 N–H and O–H groups in total. The van der Waals surface area contributed by atoms with Gasteiger partial charge in [0, 0.05) is 18.7 Å². The van der Waals surface area contributed by atoms with E-state index in [0.717, 1.165) is 25.5 Å². The minimum Gasteiger partial charge on any atom is -0.478 e. The molecule has 3 nitrogen and oxygen atoms in total. The van der Waals surface area contributed by atoms with Crippen molar-refractivity contribution in [3.63, 3.8) is 0 Å². The molecule has 1 saturated carbocycles. The third-order valence-electron chi connectivity index (χ3n) is 4.71. The third kappa shape index (κ3) is 2.94. The van der Waals surface area contributed by atoms with Crippen molar-refractivity contribution in [2.24, 2.45) is 5.92 Å². The van der Waals surface area contributed by atoms with Gasteiger partial charge in [-0.2, -0.15) is 0 Å². The Labute approximate surface area is 124 Å². The quantitative estimate of drug-likeness (QED) is 0.863. The first-order valence-electron chi connectivity index (χ1n) is 7.62. The van der Waals surface area contributed by atoms with Crippen LogP contribution in [-0.4, -0.2) is 23.7 Å². The van der Waals surface area contributed by atoms with E-state index in [1.807, 2.05) is 0 Å². The van der Waals surface area contributed by atoms with E-state index in [1.165, 1.54) is 31.4 Å². The van der Waals surface area contributed by atoms with E-state index in [4.69, 9.17) is 5.11 Å². The highest BCUT2D eigenvalue weighted by atomic mass is 19.1. The van der Waals surface area contributed by atoms with Crippen LogP contribution in [0, 0.1) is 11.7 Å². The molecule has 0 spiro atoms. The number of carbonyl (C=O) groups is 1. The monoisotopic (exact) mass is 289 g/mol. The molecular weight excluding hydrogens is 269 g/mol. The number of carboxylic acid groups (broad SMARTS) is 1. The zero-order valence-corrected chi connectivity index (χ0v) is 12.0. The molecule has 0 aromatic heterocycles. The van der Waals surface area contributed by atoms with Gasteiger partial charge >= 0.3 is 5.97 Å². The number of carboxylic acids is 1. The molecular formula is C17H20FNO2. The number of nitrogens with zero attached hydrogens (tertiary/aromatic N) is 1. The topological polar surface area (TPSA) is 40.5 Å². The van der Waals surface area contributed by atoms with Crippen LogP contribution in [0.15, 0.2) is 24.3 Å². The molecule has 4 heteroatoms. The fourth-order valence-corrected chi connectivity index (χ4v) is 3.73. The number of aliphatic carboxylic acids is 1. The highest BCUT2D eigenvalue weighted by Crippen LogP contribution is 2.39. The highest BCUT2D eigenvalue weighted by molar-refractivity contribution is 5.85. The standard InChI is InChI=1S/C17H20FNO2/c18-14-11-12(6-8-17(20)21)5-7-16(14)19-10-9-13-3-1-2-4-15(13)19/h5-8,11,13,15H,1-4,9-10H2,(H,20,21)/b8-6+. The first-order valence-corrected chi connectivity index (χ1v) is 7.62. The summed E-state index contributed by atoms with van der Waals surface area (Å²) in [4.78, 5) is 12.7. The molecule has 2 aliphatic rings. The minimum absolute atomic E-state index is 0.256. The van der Waals surface area contributed by atoms with Crippen molar-refractivity contribution in [1.82, 2.24) is 0 Å². The van der Waals surface area contributed by atoms with Crippen molar-refractivity contribution in [1.29, 1.82) is 0 Å². The molecule has 21 heavy (non-hydrogen) atoms. The molecule has 2 fully saturated rings. The fourth-order valence-electron chi connectivity index (χ4n) is 3.73. The summed E-state index contributed by atoms with van der Waals surface area (Å²) in [6.07, 6.45) is 8.57. The van der Waals surface area contributed by atoms with Crippen LogP contribution in [0.5, 0.6) is 0 Å². The number of benzene rings is 1. The molecule has 1 heterocycles. The van der Waals surface area contributed by atoms with Gasteiger partial charge in [-0.15, -0.1) is 0 Å². The molecule has 1 aliphatic heterocycles. The molecule has 0 radical (unpaired) electrons. The Kier molecular flexibility index (Phi) is 3.95. The van der Waals surface area contributed by atoms with Gasteiger partial charge in [0.25, 0.3) is 0 Å². The number of hydrogen-bond donors (Lipinski definition) is 1. The summed E-state index contributed by atoms with van der Waals surface area (Å²) in [5.74, 6) is -0.567. The van der Waals surface area contributed by atoms with E-state index in [-0.39, 0.29) is 5.82 Å². The number of halogens is 1. The van der Waals surface area contributed by atoms with Gasteiger partial charge < -0.3 is 10.0 Å². The summed E-state index contributed by atoms with van der Waals surface area (Å²) in [6.45, 7) is 0.927. The van der Waals surface area contributed by atoms with E-state index in [1.54, 1.807) is 12.1 Å². The maximum absolute atomic E-state index is 14.4. The van der Waals surface area contributed by atoms with Crippen LogP contribution in [0.2, 0.25) is 0 Å². The lowest BCUT2D eigenvalue weighted by Crippen LogP contribution is -2.35. The molecule has 112 valence electrons. The summed E-state index contributed by atoms with van der Waals surface area (Å²) < 4.78 is 14.4. The zero-order valence-electron chi connectivity index (χ0n) is 12.0. The molecule has 1 aliphatic carbocycles. The maximum Gasteiger partial charge on any atom is 0.328 e. The molecule has 2 atom stereocenters. The van der Waals surface area contributed by atoms with Crippen LogP contribution in [0.25, 0.3) is 6.08 Å². The summed E-state index contributed by atoms with van der Waals surface area (Å²) in [7, 11) is 0. The van der Waals surface area contributed by atoms with Crippen LogP contribution in [0.1, 0.15) is 37.7 Å². The summed E-state index contributed by atoms with van der Waals surface area (Å²) in [5.41, 5.74) is 1.25. The second kappa shape index (κ2) is 5.88. The molecule has 0 bridgehead atoms. The van der Waals surface area contributed by atoms with Crippen molar-refractivity contribution >= 4 is 17.7 Å². The largest absolute Gasteiger partial charge is 0.478 e. The van der Waals surface area contributed by atoms with Crippen molar-refractivity contribution < 1.29 is 14.3 Å². The first kappa shape index (κ1) is 14.1. The zero-order chi connectivity index (χ0) is 14.8. The lowest BCUT2D eigenvalue weighted by Gasteiger charge is -2.33. The SMILES string of the molecule is O=C(O)/C=C/c1ccc(N2CCC3CCCCC32)c(F)c1. The first-order chi connectivity index (χ1) is 10.1. The van der Waals surface area contributed by atoms with E-state index in [9.17, 15) is 9.18 Å². The number of rotatable bonds is 3. The van der Waals surface area contributed by atoms with E-state index in [0.29, 0.717) is 23.2 Å². The van der Waals surface area contributed by atoms with Crippen LogP contribution in [0.3, 0.4) is 0 Å². The predicted molar refractivity (Wildman–Crippen MR) is 80.8 cm³/mol. The average Bonchev–Trinajstić information content (AvgIpc) is 2.89. The van der Waals surface area contributed by atoms with Crippen molar-refractivity contribution in [3.8, 4) is 0 Å². The van der Waals surface area contributed by atoms with Gasteiger partial charge in [0.2, 0.25) is 0 Å². The van der Waals surface area contributed by atoms with Gasteiger partial charge in [0.05, 0.1) is 5.69 Å². The Bertz CT molecular complexity index is 570.